The van der Waals surface area contributed by atoms with Crippen LogP contribution in [0.4, 0.5) is 0 Å². The Morgan fingerprint density at radius 3 is 1.88 bits per heavy atom. The summed E-state index contributed by atoms with van der Waals surface area (Å²) in [5.41, 5.74) is 0.488. The third-order valence-electron chi connectivity index (χ3n) is 4.31. The second-order valence-electron chi connectivity index (χ2n) is 7.75. The summed E-state index contributed by atoms with van der Waals surface area (Å²) in [6.45, 7) is 14.7. The molecule has 0 spiro atoms. The maximum Gasteiger partial charge on any atom is 0.222 e. The van der Waals surface area contributed by atoms with Crippen molar-refractivity contribution in [2.24, 2.45) is 22.7 Å². The Balaban J connectivity index is 3.03. The number of likely N-dealkylation sites (tertiary alicyclic amines) is 1. The van der Waals surface area contributed by atoms with Crippen LogP contribution in [0.5, 0.6) is 0 Å². The molecule has 100 valence electrons. The fraction of sp³-hybridized carbons (Fsp3) is 0.933. The number of nitrogens with zero attached hydrogens (tertiary/aromatic N) is 1. The monoisotopic (exact) mass is 239 g/mol. The number of rotatable bonds is 0. The zero-order chi connectivity index (χ0) is 13.4. The molecule has 0 aromatic heterocycles. The summed E-state index contributed by atoms with van der Waals surface area (Å²) in [4.78, 5) is 14.0. The van der Waals surface area contributed by atoms with Gasteiger partial charge in [-0.3, -0.25) is 4.79 Å². The average molecular weight is 239 g/mol. The SMILES string of the molecule is CN1CCC(C(C)(C)C)C(C(C)(C)C)CC1=O. The minimum absolute atomic E-state index is 0.207. The first-order chi connectivity index (χ1) is 7.53. The van der Waals surface area contributed by atoms with E-state index in [9.17, 15) is 4.79 Å². The third-order valence-corrected chi connectivity index (χ3v) is 4.31. The van der Waals surface area contributed by atoms with Crippen molar-refractivity contribution < 1.29 is 4.79 Å². The van der Waals surface area contributed by atoms with Crippen molar-refractivity contribution in [1.82, 2.24) is 4.90 Å². The van der Waals surface area contributed by atoms with Gasteiger partial charge in [0.1, 0.15) is 0 Å². The highest BCUT2D eigenvalue weighted by Crippen LogP contribution is 2.46. The molecule has 2 nitrogen and oxygen atoms in total. The van der Waals surface area contributed by atoms with Gasteiger partial charge in [-0.25, -0.2) is 0 Å². The third kappa shape index (κ3) is 3.46. The summed E-state index contributed by atoms with van der Waals surface area (Å²) < 4.78 is 0. The predicted molar refractivity (Wildman–Crippen MR) is 72.8 cm³/mol. The molecule has 1 aliphatic rings. The van der Waals surface area contributed by atoms with Gasteiger partial charge in [-0.15, -0.1) is 0 Å². The van der Waals surface area contributed by atoms with Crippen LogP contribution in [0, 0.1) is 22.7 Å². The van der Waals surface area contributed by atoms with Crippen LogP contribution < -0.4 is 0 Å². The molecule has 17 heavy (non-hydrogen) atoms. The minimum atomic E-state index is 0.207. The lowest BCUT2D eigenvalue weighted by Crippen LogP contribution is -2.36. The molecule has 2 unspecified atom stereocenters. The van der Waals surface area contributed by atoms with Gasteiger partial charge in [0.25, 0.3) is 0 Å². The lowest BCUT2D eigenvalue weighted by atomic mass is 9.62. The maximum absolute atomic E-state index is 12.1. The Hall–Kier alpha value is -0.530. The topological polar surface area (TPSA) is 20.3 Å². The van der Waals surface area contributed by atoms with Crippen LogP contribution in [-0.2, 0) is 4.79 Å². The Morgan fingerprint density at radius 1 is 1.00 bits per heavy atom. The Kier molecular flexibility index (Phi) is 3.95. The highest BCUT2D eigenvalue weighted by molar-refractivity contribution is 5.76. The molecule has 1 rings (SSSR count). The largest absolute Gasteiger partial charge is 0.346 e. The Morgan fingerprint density at radius 2 is 1.47 bits per heavy atom. The number of carbonyl (C=O) groups excluding carboxylic acids is 1. The van der Waals surface area contributed by atoms with Crippen LogP contribution >= 0.6 is 0 Å². The van der Waals surface area contributed by atoms with Crippen LogP contribution in [0.1, 0.15) is 54.4 Å². The number of amides is 1. The number of hydrogen-bond donors (Lipinski definition) is 0. The summed E-state index contributed by atoms with van der Waals surface area (Å²) in [7, 11) is 1.94. The van der Waals surface area contributed by atoms with E-state index in [-0.39, 0.29) is 10.8 Å². The molecule has 1 amide bonds. The number of hydrogen-bond acceptors (Lipinski definition) is 1. The zero-order valence-corrected chi connectivity index (χ0v) is 12.6. The highest BCUT2D eigenvalue weighted by Gasteiger charge is 2.41. The van der Waals surface area contributed by atoms with Crippen LogP contribution in [-0.4, -0.2) is 24.4 Å². The van der Waals surface area contributed by atoms with Gasteiger partial charge in [-0.2, -0.15) is 0 Å². The molecule has 1 heterocycles. The molecule has 1 saturated heterocycles. The standard InChI is InChI=1S/C15H29NO/c1-14(2,3)11-8-9-16(7)13(17)10-12(11)15(4,5)6/h11-12H,8-10H2,1-7H3. The van der Waals surface area contributed by atoms with Crippen molar-refractivity contribution in [3.63, 3.8) is 0 Å². The molecule has 0 radical (unpaired) electrons. The van der Waals surface area contributed by atoms with Gasteiger partial charge in [0.15, 0.2) is 0 Å². The van der Waals surface area contributed by atoms with E-state index in [0.717, 1.165) is 13.0 Å². The van der Waals surface area contributed by atoms with Gasteiger partial charge in [0.2, 0.25) is 5.91 Å². The molecule has 0 bridgehead atoms. The van der Waals surface area contributed by atoms with E-state index in [4.69, 9.17) is 0 Å². The first-order valence-electron chi connectivity index (χ1n) is 6.77. The Labute approximate surface area is 107 Å². The van der Waals surface area contributed by atoms with Gasteiger partial charge in [0.05, 0.1) is 0 Å². The Bertz CT molecular complexity index is 282. The molecule has 2 atom stereocenters. The van der Waals surface area contributed by atoms with Gasteiger partial charge >= 0.3 is 0 Å². The molecule has 0 aromatic rings. The second kappa shape index (κ2) is 4.62. The normalized spacial score (nSPS) is 28.2. The lowest BCUT2D eigenvalue weighted by molar-refractivity contribution is -0.131. The summed E-state index contributed by atoms with van der Waals surface area (Å²) in [5.74, 6) is 1.42. The summed E-state index contributed by atoms with van der Waals surface area (Å²) in [6, 6.07) is 0. The first-order valence-corrected chi connectivity index (χ1v) is 6.77. The molecule has 1 fully saturated rings. The van der Waals surface area contributed by atoms with E-state index >= 15 is 0 Å². The average Bonchev–Trinajstić information content (AvgIpc) is 2.25. The van der Waals surface area contributed by atoms with Crippen molar-refractivity contribution in [2.75, 3.05) is 13.6 Å². The van der Waals surface area contributed by atoms with E-state index in [0.29, 0.717) is 24.2 Å². The minimum Gasteiger partial charge on any atom is -0.346 e. The molecule has 1 aliphatic heterocycles. The van der Waals surface area contributed by atoms with Crippen LogP contribution in [0.15, 0.2) is 0 Å². The number of carbonyl (C=O) groups is 1. The van der Waals surface area contributed by atoms with Crippen molar-refractivity contribution in [3.8, 4) is 0 Å². The van der Waals surface area contributed by atoms with Gasteiger partial charge in [-0.1, -0.05) is 41.5 Å². The molecule has 0 N–H and O–H groups in total. The van der Waals surface area contributed by atoms with Crippen LogP contribution in [0.2, 0.25) is 0 Å². The van der Waals surface area contributed by atoms with Crippen molar-refractivity contribution in [2.45, 2.75) is 54.4 Å². The smallest absolute Gasteiger partial charge is 0.222 e. The van der Waals surface area contributed by atoms with Crippen molar-refractivity contribution in [1.29, 1.82) is 0 Å². The maximum atomic E-state index is 12.1. The molecule has 0 aromatic carbocycles. The summed E-state index contributed by atoms with van der Waals surface area (Å²) in [5, 5.41) is 0. The van der Waals surface area contributed by atoms with Gasteiger partial charge in [-0.05, 0) is 29.1 Å². The first kappa shape index (κ1) is 14.5. The quantitative estimate of drug-likeness (QED) is 0.633. The van der Waals surface area contributed by atoms with Crippen LogP contribution in [0.25, 0.3) is 0 Å². The summed E-state index contributed by atoms with van der Waals surface area (Å²) >= 11 is 0. The van der Waals surface area contributed by atoms with E-state index in [1.807, 2.05) is 11.9 Å². The molecule has 0 aliphatic carbocycles. The fourth-order valence-electron chi connectivity index (χ4n) is 3.09. The molecular formula is C15H29NO. The summed E-state index contributed by atoms with van der Waals surface area (Å²) in [6.07, 6.45) is 1.84. The van der Waals surface area contributed by atoms with E-state index in [2.05, 4.69) is 41.5 Å². The van der Waals surface area contributed by atoms with Crippen molar-refractivity contribution >= 4 is 5.91 Å². The molecule has 0 saturated carbocycles. The van der Waals surface area contributed by atoms with E-state index < -0.39 is 0 Å². The van der Waals surface area contributed by atoms with E-state index in [1.54, 1.807) is 0 Å². The zero-order valence-electron chi connectivity index (χ0n) is 12.6. The fourth-order valence-corrected chi connectivity index (χ4v) is 3.09. The van der Waals surface area contributed by atoms with Crippen molar-refractivity contribution in [3.05, 3.63) is 0 Å². The van der Waals surface area contributed by atoms with Gasteiger partial charge in [0, 0.05) is 20.0 Å². The molecular weight excluding hydrogens is 210 g/mol. The van der Waals surface area contributed by atoms with Crippen LogP contribution in [0.3, 0.4) is 0 Å². The highest BCUT2D eigenvalue weighted by atomic mass is 16.2. The predicted octanol–water partition coefficient (Wildman–Crippen LogP) is 3.56. The molecule has 2 heteroatoms. The lowest BCUT2D eigenvalue weighted by Gasteiger charge is -2.42. The van der Waals surface area contributed by atoms with E-state index in [1.165, 1.54) is 0 Å². The second-order valence-corrected chi connectivity index (χ2v) is 7.75. The van der Waals surface area contributed by atoms with Gasteiger partial charge < -0.3 is 4.90 Å².